The number of hydrogen-bond acceptors (Lipinski definition) is 4. The van der Waals surface area contributed by atoms with Crippen molar-refractivity contribution in [3.8, 4) is 11.3 Å². The van der Waals surface area contributed by atoms with Gasteiger partial charge in [-0.05, 0) is 30.4 Å². The number of fused-ring (bicyclic) bond motifs is 1. The lowest BCUT2D eigenvalue weighted by Gasteiger charge is -2.27. The molecule has 0 spiro atoms. The summed E-state index contributed by atoms with van der Waals surface area (Å²) in [4.78, 5) is 16.9. The van der Waals surface area contributed by atoms with E-state index in [0.717, 1.165) is 22.0 Å². The fourth-order valence-electron chi connectivity index (χ4n) is 3.68. The number of halogens is 2. The van der Waals surface area contributed by atoms with Crippen LogP contribution >= 0.6 is 0 Å². The minimum Gasteiger partial charge on any atom is -0.299 e. The SMILES string of the molecule is Cn1nncc1-c1ccc2cnc(CC(=O)C3CCC(F)(F)CC3)cc2c1. The van der Waals surface area contributed by atoms with Crippen molar-refractivity contribution in [2.24, 2.45) is 13.0 Å². The van der Waals surface area contributed by atoms with E-state index in [0.29, 0.717) is 5.69 Å². The second-order valence-electron chi connectivity index (χ2n) is 7.25. The zero-order valence-electron chi connectivity index (χ0n) is 15.0. The Hall–Kier alpha value is -2.70. The number of Topliss-reactive ketones (excluding diaryl/α,β-unsaturated/α-hetero) is 1. The van der Waals surface area contributed by atoms with Gasteiger partial charge >= 0.3 is 0 Å². The Balaban J connectivity index is 1.54. The van der Waals surface area contributed by atoms with Gasteiger partial charge in [0.05, 0.1) is 11.9 Å². The van der Waals surface area contributed by atoms with Crippen molar-refractivity contribution in [3.63, 3.8) is 0 Å². The van der Waals surface area contributed by atoms with E-state index in [2.05, 4.69) is 15.3 Å². The van der Waals surface area contributed by atoms with Crippen LogP contribution in [0.3, 0.4) is 0 Å². The van der Waals surface area contributed by atoms with E-state index >= 15 is 0 Å². The average Bonchev–Trinajstić information content (AvgIpc) is 3.07. The van der Waals surface area contributed by atoms with Gasteiger partial charge in [-0.1, -0.05) is 17.3 Å². The first kappa shape index (κ1) is 17.7. The fraction of sp³-hybridized carbons (Fsp3) is 0.400. The predicted molar refractivity (Wildman–Crippen MR) is 97.4 cm³/mol. The average molecular weight is 370 g/mol. The molecule has 1 aliphatic rings. The van der Waals surface area contributed by atoms with Gasteiger partial charge in [-0.15, -0.1) is 5.10 Å². The molecule has 27 heavy (non-hydrogen) atoms. The van der Waals surface area contributed by atoms with Gasteiger partial charge in [0.25, 0.3) is 0 Å². The molecule has 0 amide bonds. The van der Waals surface area contributed by atoms with Gasteiger partial charge < -0.3 is 0 Å². The van der Waals surface area contributed by atoms with Crippen LogP contribution in [0.5, 0.6) is 0 Å². The summed E-state index contributed by atoms with van der Waals surface area (Å²) in [6, 6.07) is 7.87. The minimum atomic E-state index is -2.62. The molecule has 5 nitrogen and oxygen atoms in total. The van der Waals surface area contributed by atoms with Gasteiger partial charge in [-0.25, -0.2) is 13.5 Å². The van der Waals surface area contributed by atoms with Gasteiger partial charge in [0.1, 0.15) is 5.78 Å². The molecule has 0 N–H and O–H groups in total. The molecule has 2 heterocycles. The largest absolute Gasteiger partial charge is 0.299 e. The third kappa shape index (κ3) is 3.72. The standard InChI is InChI=1S/C20H20F2N4O/c1-26-18(12-24-25-26)14-2-3-15-11-23-17(9-16(15)8-14)10-19(27)13-4-6-20(21,22)7-5-13/h2-3,8-9,11-13H,4-7,10H2,1H3. The molecule has 0 unspecified atom stereocenters. The number of ketones is 1. The Morgan fingerprint density at radius 2 is 1.96 bits per heavy atom. The molecule has 1 aromatic carbocycles. The van der Waals surface area contributed by atoms with Crippen LogP contribution in [0, 0.1) is 5.92 Å². The molecule has 1 saturated carbocycles. The molecule has 0 atom stereocenters. The molecule has 1 fully saturated rings. The molecular weight excluding hydrogens is 350 g/mol. The van der Waals surface area contributed by atoms with E-state index in [1.807, 2.05) is 31.3 Å². The highest BCUT2D eigenvalue weighted by Gasteiger charge is 2.37. The van der Waals surface area contributed by atoms with Gasteiger partial charge in [0.2, 0.25) is 5.92 Å². The summed E-state index contributed by atoms with van der Waals surface area (Å²) in [5.74, 6) is -2.90. The van der Waals surface area contributed by atoms with Crippen LogP contribution in [-0.4, -0.2) is 31.7 Å². The van der Waals surface area contributed by atoms with Crippen LogP contribution in [0.25, 0.3) is 22.0 Å². The summed E-state index contributed by atoms with van der Waals surface area (Å²) >= 11 is 0. The van der Waals surface area contributed by atoms with E-state index in [-0.39, 0.29) is 43.8 Å². The molecule has 0 saturated heterocycles. The van der Waals surface area contributed by atoms with E-state index in [1.54, 1.807) is 17.1 Å². The number of benzene rings is 1. The molecule has 140 valence electrons. The van der Waals surface area contributed by atoms with Crippen molar-refractivity contribution < 1.29 is 13.6 Å². The number of hydrogen-bond donors (Lipinski definition) is 0. The van der Waals surface area contributed by atoms with Gasteiger partial charge in [-0.2, -0.15) is 0 Å². The highest BCUT2D eigenvalue weighted by atomic mass is 19.3. The van der Waals surface area contributed by atoms with Gasteiger partial charge in [0.15, 0.2) is 0 Å². The highest BCUT2D eigenvalue weighted by Crippen LogP contribution is 2.36. The predicted octanol–water partition coefficient (Wildman–Crippen LogP) is 3.97. The van der Waals surface area contributed by atoms with Crippen LogP contribution in [0.15, 0.2) is 36.7 Å². The topological polar surface area (TPSA) is 60.7 Å². The summed E-state index contributed by atoms with van der Waals surface area (Å²) in [5.41, 5.74) is 2.55. The van der Waals surface area contributed by atoms with Crippen LogP contribution in [0.1, 0.15) is 31.4 Å². The normalized spacial score (nSPS) is 17.3. The molecule has 2 aromatic heterocycles. The zero-order chi connectivity index (χ0) is 19.0. The third-order valence-electron chi connectivity index (χ3n) is 5.32. The maximum atomic E-state index is 13.3. The first-order valence-electron chi connectivity index (χ1n) is 9.06. The Labute approximate surface area is 155 Å². The Morgan fingerprint density at radius 1 is 1.19 bits per heavy atom. The molecular formula is C20H20F2N4O. The lowest BCUT2D eigenvalue weighted by atomic mass is 9.83. The lowest BCUT2D eigenvalue weighted by molar-refractivity contribution is -0.126. The number of alkyl halides is 2. The van der Waals surface area contributed by atoms with Crippen molar-refractivity contribution in [2.45, 2.75) is 38.0 Å². The van der Waals surface area contributed by atoms with Crippen molar-refractivity contribution >= 4 is 16.6 Å². The number of nitrogens with zero attached hydrogens (tertiary/aromatic N) is 4. The highest BCUT2D eigenvalue weighted by molar-refractivity contribution is 5.88. The molecule has 1 aliphatic carbocycles. The Morgan fingerprint density at radius 3 is 2.67 bits per heavy atom. The van der Waals surface area contributed by atoms with Crippen LogP contribution in [0.4, 0.5) is 8.78 Å². The van der Waals surface area contributed by atoms with Crippen molar-refractivity contribution in [2.75, 3.05) is 0 Å². The number of carbonyl (C=O) groups excluding carboxylic acids is 1. The molecule has 0 bridgehead atoms. The Bertz CT molecular complexity index is 989. The first-order chi connectivity index (χ1) is 12.9. The van der Waals surface area contributed by atoms with E-state index in [4.69, 9.17) is 0 Å². The number of aromatic nitrogens is 4. The lowest BCUT2D eigenvalue weighted by Crippen LogP contribution is -2.29. The molecule has 0 radical (unpaired) electrons. The van der Waals surface area contributed by atoms with Crippen LogP contribution in [-0.2, 0) is 18.3 Å². The van der Waals surface area contributed by atoms with E-state index in [9.17, 15) is 13.6 Å². The van der Waals surface area contributed by atoms with Crippen molar-refractivity contribution in [1.82, 2.24) is 20.0 Å². The number of carbonyl (C=O) groups is 1. The van der Waals surface area contributed by atoms with Gasteiger partial charge in [-0.3, -0.25) is 9.78 Å². The maximum absolute atomic E-state index is 13.3. The summed E-state index contributed by atoms with van der Waals surface area (Å²) in [6.45, 7) is 0. The smallest absolute Gasteiger partial charge is 0.248 e. The van der Waals surface area contributed by atoms with Crippen molar-refractivity contribution in [1.29, 1.82) is 0 Å². The zero-order valence-corrected chi connectivity index (χ0v) is 15.0. The second kappa shape index (κ2) is 6.79. The maximum Gasteiger partial charge on any atom is 0.248 e. The number of aryl methyl sites for hydroxylation is 1. The molecule has 7 heteroatoms. The molecule has 4 rings (SSSR count). The van der Waals surface area contributed by atoms with E-state index in [1.165, 1.54) is 0 Å². The van der Waals surface area contributed by atoms with E-state index < -0.39 is 5.92 Å². The number of rotatable bonds is 4. The fourth-order valence-corrected chi connectivity index (χ4v) is 3.68. The second-order valence-corrected chi connectivity index (χ2v) is 7.25. The monoisotopic (exact) mass is 370 g/mol. The summed E-state index contributed by atoms with van der Waals surface area (Å²) in [5, 5.41) is 9.80. The molecule has 3 aromatic rings. The Kier molecular flexibility index (Phi) is 4.45. The van der Waals surface area contributed by atoms with Gasteiger partial charge in [0, 0.05) is 55.1 Å². The molecule has 0 aliphatic heterocycles. The van der Waals surface area contributed by atoms with Crippen LogP contribution in [0.2, 0.25) is 0 Å². The quantitative estimate of drug-likeness (QED) is 0.697. The number of pyridine rings is 1. The summed E-state index contributed by atoms with van der Waals surface area (Å²) < 4.78 is 28.3. The van der Waals surface area contributed by atoms with Crippen molar-refractivity contribution in [3.05, 3.63) is 42.4 Å². The first-order valence-corrected chi connectivity index (χ1v) is 9.06. The van der Waals surface area contributed by atoms with Crippen LogP contribution < -0.4 is 0 Å². The minimum absolute atomic E-state index is 0.00402. The third-order valence-corrected chi connectivity index (χ3v) is 5.32. The summed E-state index contributed by atoms with van der Waals surface area (Å²) in [7, 11) is 1.83. The summed E-state index contributed by atoms with van der Waals surface area (Å²) in [6.07, 6.45) is 3.76.